The Bertz CT molecular complexity index is 574. The van der Waals surface area contributed by atoms with E-state index in [0.717, 1.165) is 0 Å². The van der Waals surface area contributed by atoms with Crippen molar-refractivity contribution in [1.29, 1.82) is 0 Å². The van der Waals surface area contributed by atoms with E-state index >= 15 is 0 Å². The predicted octanol–water partition coefficient (Wildman–Crippen LogP) is 0.929. The third-order valence-electron chi connectivity index (χ3n) is 2.46. The van der Waals surface area contributed by atoms with Gasteiger partial charge in [-0.15, -0.1) is 0 Å². The number of methoxy groups -OCH3 is 1. The van der Waals surface area contributed by atoms with Crippen LogP contribution in [0.2, 0.25) is 5.02 Å². The summed E-state index contributed by atoms with van der Waals surface area (Å²) in [5.41, 5.74) is 0.865. The maximum absolute atomic E-state index is 12.1. The number of nitrogens with zero attached hydrogens (tertiary/aromatic N) is 1. The average Bonchev–Trinajstić information content (AvgIpc) is 2.44. The number of ether oxygens (including phenoxy) is 1. The summed E-state index contributed by atoms with van der Waals surface area (Å²) in [7, 11) is 2.75. The maximum atomic E-state index is 12.1. The summed E-state index contributed by atoms with van der Waals surface area (Å²) in [4.78, 5) is 24.4. The molecule has 1 rings (SSSR count). The van der Waals surface area contributed by atoms with Gasteiger partial charge in [-0.2, -0.15) is 0 Å². The van der Waals surface area contributed by atoms with Gasteiger partial charge in [-0.3, -0.25) is 9.59 Å². The Hall–Kier alpha value is -2.03. The number of rotatable bonds is 3. The Balaban J connectivity index is 2.89. The lowest BCUT2D eigenvalue weighted by molar-refractivity contribution is -0.141. The minimum Gasteiger partial charge on any atom is -0.468 e. The first-order valence-electron chi connectivity index (χ1n) is 5.71. The van der Waals surface area contributed by atoms with Crippen LogP contribution in [0.4, 0.5) is 0 Å². The molecule has 0 saturated heterocycles. The molecule has 5 nitrogen and oxygen atoms in total. The van der Waals surface area contributed by atoms with Crippen molar-refractivity contribution in [2.45, 2.75) is 0 Å². The molecule has 0 spiro atoms. The molecule has 1 amide bonds. The van der Waals surface area contributed by atoms with E-state index in [2.05, 4.69) is 16.6 Å². The van der Waals surface area contributed by atoms with Crippen LogP contribution in [0.1, 0.15) is 15.9 Å². The largest absolute Gasteiger partial charge is 0.468 e. The predicted molar refractivity (Wildman–Crippen MR) is 74.4 cm³/mol. The molecule has 1 aromatic rings. The van der Waals surface area contributed by atoms with Gasteiger partial charge in [-0.05, 0) is 18.2 Å². The van der Waals surface area contributed by atoms with E-state index in [4.69, 9.17) is 16.7 Å². The molecule has 6 heteroatoms. The second kappa shape index (κ2) is 7.53. The number of amides is 1. The highest BCUT2D eigenvalue weighted by atomic mass is 35.5. The van der Waals surface area contributed by atoms with Crippen LogP contribution in [-0.4, -0.2) is 49.2 Å². The first-order chi connectivity index (χ1) is 9.49. The van der Waals surface area contributed by atoms with E-state index < -0.39 is 5.97 Å². The normalized spacial score (nSPS) is 9.40. The third kappa shape index (κ3) is 4.26. The molecule has 0 aliphatic carbocycles. The Kier molecular flexibility index (Phi) is 6.04. The van der Waals surface area contributed by atoms with Crippen LogP contribution < -0.4 is 0 Å². The smallest absolute Gasteiger partial charge is 0.325 e. The zero-order valence-electron chi connectivity index (χ0n) is 11.1. The molecular formula is C14H14ClNO4. The summed E-state index contributed by atoms with van der Waals surface area (Å²) >= 11 is 6.00. The Labute approximate surface area is 122 Å². The summed E-state index contributed by atoms with van der Waals surface area (Å²) in [6.07, 6.45) is 0. The van der Waals surface area contributed by atoms with Gasteiger partial charge in [0.2, 0.25) is 0 Å². The lowest BCUT2D eigenvalue weighted by Crippen LogP contribution is -2.32. The zero-order valence-corrected chi connectivity index (χ0v) is 11.9. The van der Waals surface area contributed by atoms with E-state index in [1.54, 1.807) is 12.1 Å². The highest BCUT2D eigenvalue weighted by Crippen LogP contribution is 2.18. The third-order valence-corrected chi connectivity index (χ3v) is 2.77. The van der Waals surface area contributed by atoms with Crippen molar-refractivity contribution in [3.63, 3.8) is 0 Å². The van der Waals surface area contributed by atoms with Crippen molar-refractivity contribution in [3.05, 3.63) is 34.3 Å². The fraction of sp³-hybridized carbons (Fsp3) is 0.286. The van der Waals surface area contributed by atoms with Crippen LogP contribution in [0.3, 0.4) is 0 Å². The molecule has 0 unspecified atom stereocenters. The number of halogens is 1. The van der Waals surface area contributed by atoms with Gasteiger partial charge >= 0.3 is 5.97 Å². The van der Waals surface area contributed by atoms with Crippen molar-refractivity contribution < 1.29 is 19.4 Å². The first-order valence-corrected chi connectivity index (χ1v) is 6.09. The van der Waals surface area contributed by atoms with Crippen LogP contribution in [0.25, 0.3) is 0 Å². The van der Waals surface area contributed by atoms with Gasteiger partial charge in [0, 0.05) is 18.2 Å². The number of esters is 1. The van der Waals surface area contributed by atoms with Crippen molar-refractivity contribution in [3.8, 4) is 11.8 Å². The molecule has 0 saturated carbocycles. The summed E-state index contributed by atoms with van der Waals surface area (Å²) < 4.78 is 4.49. The molecule has 0 bridgehead atoms. The lowest BCUT2D eigenvalue weighted by atomic mass is 10.1. The minimum atomic E-state index is -0.502. The van der Waals surface area contributed by atoms with Crippen molar-refractivity contribution in [2.75, 3.05) is 27.3 Å². The topological polar surface area (TPSA) is 66.8 Å². The summed E-state index contributed by atoms with van der Waals surface area (Å²) in [6, 6.07) is 4.62. The molecule has 0 fully saturated rings. The summed E-state index contributed by atoms with van der Waals surface area (Å²) in [5, 5.41) is 8.93. The number of aliphatic hydroxyl groups is 1. The fourth-order valence-electron chi connectivity index (χ4n) is 1.43. The molecule has 0 heterocycles. The number of hydrogen-bond acceptors (Lipinski definition) is 4. The molecule has 0 atom stereocenters. The number of carbonyl (C=O) groups is 2. The van der Waals surface area contributed by atoms with E-state index in [9.17, 15) is 9.59 Å². The lowest BCUT2D eigenvalue weighted by Gasteiger charge is -2.15. The Morgan fingerprint density at radius 3 is 2.70 bits per heavy atom. The summed E-state index contributed by atoms with van der Waals surface area (Å²) in [5.74, 6) is 4.29. The summed E-state index contributed by atoms with van der Waals surface area (Å²) in [6.45, 7) is -0.405. The SMILES string of the molecule is COC(=O)CN(C)C(=O)c1ccc(C#CCO)c(Cl)c1. The van der Waals surface area contributed by atoms with E-state index in [1.807, 2.05) is 0 Å². The van der Waals surface area contributed by atoms with Crippen molar-refractivity contribution in [1.82, 2.24) is 4.90 Å². The first kappa shape index (κ1) is 16.0. The number of hydrogen-bond donors (Lipinski definition) is 1. The van der Waals surface area contributed by atoms with Gasteiger partial charge in [0.25, 0.3) is 5.91 Å². The number of aliphatic hydroxyl groups excluding tert-OH is 1. The van der Waals surface area contributed by atoms with E-state index in [0.29, 0.717) is 16.1 Å². The number of benzene rings is 1. The van der Waals surface area contributed by atoms with Crippen LogP contribution in [-0.2, 0) is 9.53 Å². The zero-order chi connectivity index (χ0) is 15.1. The van der Waals surface area contributed by atoms with Gasteiger partial charge < -0.3 is 14.7 Å². The second-order valence-electron chi connectivity index (χ2n) is 3.89. The average molecular weight is 296 g/mol. The number of likely N-dealkylation sites (N-methyl/N-ethyl adjacent to an activating group) is 1. The quantitative estimate of drug-likeness (QED) is 0.665. The number of carbonyl (C=O) groups excluding carboxylic acids is 2. The minimum absolute atomic E-state index is 0.140. The van der Waals surface area contributed by atoms with Gasteiger partial charge in [-0.1, -0.05) is 23.4 Å². The molecule has 1 N–H and O–H groups in total. The van der Waals surface area contributed by atoms with Crippen molar-refractivity contribution >= 4 is 23.5 Å². The standard InChI is InChI=1S/C14H14ClNO4/c1-16(9-13(18)20-2)14(19)11-6-5-10(4-3-7-17)12(15)8-11/h5-6,8,17H,7,9H2,1-2H3. The van der Waals surface area contributed by atoms with Crippen LogP contribution in [0.15, 0.2) is 18.2 Å². The molecule has 0 radical (unpaired) electrons. The van der Waals surface area contributed by atoms with Gasteiger partial charge in [0.05, 0.1) is 12.1 Å². The molecular weight excluding hydrogens is 282 g/mol. The van der Waals surface area contributed by atoms with Crippen molar-refractivity contribution in [2.24, 2.45) is 0 Å². The monoisotopic (exact) mass is 295 g/mol. The van der Waals surface area contributed by atoms with E-state index in [1.165, 1.54) is 25.1 Å². The molecule has 106 valence electrons. The van der Waals surface area contributed by atoms with Crippen LogP contribution in [0, 0.1) is 11.8 Å². The molecule has 0 aliphatic heterocycles. The molecule has 0 aromatic heterocycles. The molecule has 20 heavy (non-hydrogen) atoms. The highest BCUT2D eigenvalue weighted by molar-refractivity contribution is 6.32. The highest BCUT2D eigenvalue weighted by Gasteiger charge is 2.16. The van der Waals surface area contributed by atoms with Gasteiger partial charge in [0.1, 0.15) is 13.2 Å². The molecule has 0 aliphatic rings. The Morgan fingerprint density at radius 2 is 2.15 bits per heavy atom. The van der Waals surface area contributed by atoms with Crippen LogP contribution >= 0.6 is 11.6 Å². The Morgan fingerprint density at radius 1 is 1.45 bits per heavy atom. The second-order valence-corrected chi connectivity index (χ2v) is 4.30. The van der Waals surface area contributed by atoms with Gasteiger partial charge in [0.15, 0.2) is 0 Å². The molecule has 1 aromatic carbocycles. The fourth-order valence-corrected chi connectivity index (χ4v) is 1.66. The van der Waals surface area contributed by atoms with Gasteiger partial charge in [-0.25, -0.2) is 0 Å². The maximum Gasteiger partial charge on any atom is 0.325 e. The van der Waals surface area contributed by atoms with Crippen LogP contribution in [0.5, 0.6) is 0 Å². The van der Waals surface area contributed by atoms with E-state index in [-0.39, 0.29) is 19.1 Å².